The van der Waals surface area contributed by atoms with Crippen LogP contribution in [-0.4, -0.2) is 15.1 Å². The highest BCUT2D eigenvalue weighted by atomic mass is 32.2. The maximum Gasteiger partial charge on any atom is 0.136 e. The van der Waals surface area contributed by atoms with Crippen LogP contribution in [0.25, 0.3) is 0 Å². The molecule has 0 aliphatic rings. The highest BCUT2D eigenvalue weighted by molar-refractivity contribution is 7.99. The number of aliphatic hydroxyl groups is 1. The molecule has 1 unspecified atom stereocenters. The van der Waals surface area contributed by atoms with Crippen LogP contribution >= 0.6 is 11.8 Å². The molecule has 0 spiro atoms. The predicted molar refractivity (Wildman–Crippen MR) is 78.4 cm³/mol. The lowest BCUT2D eigenvalue weighted by molar-refractivity contribution is 0.164. The van der Waals surface area contributed by atoms with Crippen molar-refractivity contribution in [3.63, 3.8) is 0 Å². The van der Waals surface area contributed by atoms with Gasteiger partial charge in [0.15, 0.2) is 0 Å². The van der Waals surface area contributed by atoms with Crippen LogP contribution in [0.4, 0.5) is 8.78 Å². The van der Waals surface area contributed by atoms with Crippen molar-refractivity contribution in [2.24, 2.45) is 0 Å². The molecule has 1 heterocycles. The Balaban J connectivity index is 2.35. The van der Waals surface area contributed by atoms with Crippen molar-refractivity contribution in [1.29, 1.82) is 0 Å². The molecule has 2 N–H and O–H groups in total. The Hall–Kier alpha value is -1.40. The minimum Gasteiger partial charge on any atom is -0.385 e. The van der Waals surface area contributed by atoms with E-state index in [1.807, 2.05) is 20.8 Å². The molecule has 0 aliphatic heterocycles. The van der Waals surface area contributed by atoms with Crippen molar-refractivity contribution < 1.29 is 13.9 Å². The quantitative estimate of drug-likeness (QED) is 0.860. The summed E-state index contributed by atoms with van der Waals surface area (Å²) in [6.45, 7) is 5.84. The third-order valence-corrected chi connectivity index (χ3v) is 4.02. The van der Waals surface area contributed by atoms with Crippen LogP contribution < -0.4 is 0 Å². The average Bonchev–Trinajstić information content (AvgIpc) is 2.80. The minimum atomic E-state index is -0.666. The number of hydrogen-bond acceptors (Lipinski definition) is 3. The molecule has 2 rings (SSSR count). The molecule has 0 saturated carbocycles. The Bertz CT molecular complexity index is 608. The van der Waals surface area contributed by atoms with E-state index in [-0.39, 0.29) is 5.92 Å². The Kier molecular flexibility index (Phi) is 5.00. The van der Waals surface area contributed by atoms with E-state index in [2.05, 4.69) is 9.97 Å². The molecular weight excluding hydrogens is 294 g/mol. The van der Waals surface area contributed by atoms with Crippen LogP contribution in [0.15, 0.2) is 28.1 Å². The third-order valence-electron chi connectivity index (χ3n) is 3.05. The lowest BCUT2D eigenvalue weighted by atomic mass is 10.1. The van der Waals surface area contributed by atoms with E-state index in [0.29, 0.717) is 22.2 Å². The van der Waals surface area contributed by atoms with Crippen molar-refractivity contribution in [2.75, 3.05) is 0 Å². The summed E-state index contributed by atoms with van der Waals surface area (Å²) in [6, 6.07) is 3.37. The number of halogens is 2. The zero-order valence-corrected chi connectivity index (χ0v) is 13.0. The van der Waals surface area contributed by atoms with Crippen molar-refractivity contribution in [3.8, 4) is 0 Å². The van der Waals surface area contributed by atoms with Gasteiger partial charge >= 0.3 is 0 Å². The maximum absolute atomic E-state index is 13.3. The predicted octanol–water partition coefficient (Wildman–Crippen LogP) is 4.41. The molecule has 1 atom stereocenters. The summed E-state index contributed by atoms with van der Waals surface area (Å²) < 4.78 is 26.5. The number of nitrogens with zero attached hydrogens (tertiary/aromatic N) is 1. The molecule has 0 amide bonds. The van der Waals surface area contributed by atoms with Gasteiger partial charge in [-0.15, -0.1) is 0 Å². The van der Waals surface area contributed by atoms with Crippen molar-refractivity contribution in [1.82, 2.24) is 9.97 Å². The minimum absolute atomic E-state index is 0.163. The smallest absolute Gasteiger partial charge is 0.136 e. The van der Waals surface area contributed by atoms with E-state index < -0.39 is 17.7 Å². The van der Waals surface area contributed by atoms with Crippen LogP contribution in [0.3, 0.4) is 0 Å². The number of hydrogen-bond donors (Lipinski definition) is 2. The first-order valence-electron chi connectivity index (χ1n) is 6.82. The number of nitrogens with one attached hydrogen (secondary N) is 1. The largest absolute Gasteiger partial charge is 0.385 e. The van der Waals surface area contributed by atoms with Crippen LogP contribution in [-0.2, 0) is 0 Å². The molecule has 2 aromatic rings. The number of aromatic amines is 1. The second-order valence-corrected chi connectivity index (χ2v) is 6.19. The van der Waals surface area contributed by atoms with Crippen molar-refractivity contribution in [2.45, 2.75) is 49.1 Å². The number of aliphatic hydroxyl groups excluding tert-OH is 1. The van der Waals surface area contributed by atoms with E-state index in [1.54, 1.807) is 0 Å². The zero-order valence-electron chi connectivity index (χ0n) is 12.2. The second-order valence-electron chi connectivity index (χ2n) is 5.13. The van der Waals surface area contributed by atoms with Crippen LogP contribution in [0.5, 0.6) is 0 Å². The lowest BCUT2D eigenvalue weighted by Crippen LogP contribution is -1.98. The molecule has 21 heavy (non-hydrogen) atoms. The Morgan fingerprint density at radius 3 is 2.38 bits per heavy atom. The summed E-state index contributed by atoms with van der Waals surface area (Å²) in [7, 11) is 0. The number of benzene rings is 1. The van der Waals surface area contributed by atoms with Gasteiger partial charge in [-0.05, 0) is 24.5 Å². The molecule has 3 nitrogen and oxygen atoms in total. The van der Waals surface area contributed by atoms with Crippen LogP contribution in [0.2, 0.25) is 0 Å². The normalized spacial score (nSPS) is 12.9. The number of rotatable bonds is 5. The fourth-order valence-corrected chi connectivity index (χ4v) is 3.02. The molecule has 0 fully saturated rings. The maximum atomic E-state index is 13.3. The number of H-pyrrole nitrogens is 1. The second kappa shape index (κ2) is 6.58. The van der Waals surface area contributed by atoms with Gasteiger partial charge < -0.3 is 10.1 Å². The van der Waals surface area contributed by atoms with Crippen molar-refractivity contribution >= 4 is 11.8 Å². The fraction of sp³-hybridized carbons (Fsp3) is 0.400. The molecule has 1 aromatic carbocycles. The van der Waals surface area contributed by atoms with E-state index in [9.17, 15) is 13.9 Å². The fourth-order valence-electron chi connectivity index (χ4n) is 1.91. The third kappa shape index (κ3) is 3.83. The first-order chi connectivity index (χ1) is 9.90. The first kappa shape index (κ1) is 16.0. The van der Waals surface area contributed by atoms with E-state index in [4.69, 9.17) is 0 Å². The standard InChI is InChI=1S/C15H18F2N2OS/c1-4-12(20)14-18-13(8(2)3)15(19-14)21-11-6-9(16)5-10(17)7-11/h5-8,12,20H,4H2,1-3H3,(H,18,19). The molecule has 0 bridgehead atoms. The molecule has 0 saturated heterocycles. The van der Waals surface area contributed by atoms with Gasteiger partial charge in [0.25, 0.3) is 0 Å². The molecule has 114 valence electrons. The van der Waals surface area contributed by atoms with Gasteiger partial charge in [0.2, 0.25) is 0 Å². The van der Waals surface area contributed by atoms with Gasteiger partial charge in [-0.2, -0.15) is 0 Å². The summed E-state index contributed by atoms with van der Waals surface area (Å²) in [4.78, 5) is 7.92. The van der Waals surface area contributed by atoms with Gasteiger partial charge in [0.05, 0.1) is 5.69 Å². The Morgan fingerprint density at radius 2 is 1.86 bits per heavy atom. The summed E-state index contributed by atoms with van der Waals surface area (Å²) >= 11 is 1.19. The van der Waals surface area contributed by atoms with Gasteiger partial charge in [-0.1, -0.05) is 32.5 Å². The number of aromatic nitrogens is 2. The topological polar surface area (TPSA) is 48.9 Å². The highest BCUT2D eigenvalue weighted by Crippen LogP contribution is 2.34. The van der Waals surface area contributed by atoms with E-state index >= 15 is 0 Å². The highest BCUT2D eigenvalue weighted by Gasteiger charge is 2.18. The lowest BCUT2D eigenvalue weighted by Gasteiger charge is -2.05. The monoisotopic (exact) mass is 312 g/mol. The van der Waals surface area contributed by atoms with E-state index in [0.717, 1.165) is 11.8 Å². The first-order valence-corrected chi connectivity index (χ1v) is 7.64. The average molecular weight is 312 g/mol. The molecule has 0 aliphatic carbocycles. The van der Waals surface area contributed by atoms with Gasteiger partial charge in [-0.3, -0.25) is 0 Å². The Morgan fingerprint density at radius 1 is 1.24 bits per heavy atom. The van der Waals surface area contributed by atoms with Gasteiger partial charge in [-0.25, -0.2) is 13.8 Å². The number of imidazole rings is 1. The summed E-state index contributed by atoms with van der Waals surface area (Å²) in [6.07, 6.45) is -0.120. The molecule has 0 radical (unpaired) electrons. The zero-order chi connectivity index (χ0) is 15.6. The Labute approximate surface area is 126 Å². The molecule has 1 aromatic heterocycles. The van der Waals surface area contributed by atoms with Crippen LogP contribution in [0, 0.1) is 11.6 Å². The SMILES string of the molecule is CCC(O)c1nc(Sc2cc(F)cc(F)c2)c(C(C)C)[nH]1. The van der Waals surface area contributed by atoms with Gasteiger partial charge in [0, 0.05) is 11.0 Å². The molecule has 6 heteroatoms. The van der Waals surface area contributed by atoms with Crippen molar-refractivity contribution in [3.05, 3.63) is 41.4 Å². The molecular formula is C15H18F2N2OS. The summed E-state index contributed by atoms with van der Waals surface area (Å²) in [5.41, 5.74) is 0.854. The van der Waals surface area contributed by atoms with Crippen LogP contribution in [0.1, 0.15) is 50.7 Å². The van der Waals surface area contributed by atoms with Gasteiger partial charge in [0.1, 0.15) is 28.6 Å². The summed E-state index contributed by atoms with van der Waals surface area (Å²) in [5, 5.41) is 10.5. The van der Waals surface area contributed by atoms with E-state index in [1.165, 1.54) is 23.9 Å². The summed E-state index contributed by atoms with van der Waals surface area (Å²) in [5.74, 6) is -0.585.